The number of hydrogen-bond acceptors (Lipinski definition) is 4. The summed E-state index contributed by atoms with van der Waals surface area (Å²) in [6.45, 7) is 17.4. The zero-order valence-corrected chi connectivity index (χ0v) is 21.3. The van der Waals surface area contributed by atoms with Crippen molar-refractivity contribution in [1.29, 1.82) is 0 Å². The summed E-state index contributed by atoms with van der Waals surface area (Å²) in [6, 6.07) is 0. The molecule has 0 bridgehead atoms. The van der Waals surface area contributed by atoms with Crippen molar-refractivity contribution in [1.82, 2.24) is 0 Å². The van der Waals surface area contributed by atoms with Gasteiger partial charge in [0.2, 0.25) is 0 Å². The minimum atomic E-state index is -0.910. The van der Waals surface area contributed by atoms with E-state index in [9.17, 15) is 9.59 Å². The Labute approximate surface area is 203 Å². The Morgan fingerprint density at radius 1 is 0.735 bits per heavy atom. The highest BCUT2D eigenvalue weighted by Gasteiger charge is 2.74. The van der Waals surface area contributed by atoms with E-state index in [2.05, 4.69) is 27.0 Å². The van der Waals surface area contributed by atoms with E-state index in [1.165, 1.54) is 11.1 Å². The van der Waals surface area contributed by atoms with Crippen LogP contribution in [-0.2, 0) is 19.1 Å². The van der Waals surface area contributed by atoms with Crippen molar-refractivity contribution in [3.63, 3.8) is 0 Å². The number of esters is 2. The summed E-state index contributed by atoms with van der Waals surface area (Å²) in [6.07, 6.45) is 9.48. The standard InChI is InChI=1S/C30H38O4/c1-17-9-7-11-27(5)15-29(23(13-21(17)27)19(3)25(31)33-29)30-16-28(6)12-8-10-18(2)22(28)14-24(30)20(4)26(32)34-30/h21-22H,1-2,7-16H2,3-6H3/t21-,22-,27+,28+,29+,30+/m1/s1. The van der Waals surface area contributed by atoms with Crippen molar-refractivity contribution in [2.24, 2.45) is 22.7 Å². The van der Waals surface area contributed by atoms with Crippen molar-refractivity contribution in [2.75, 3.05) is 0 Å². The van der Waals surface area contributed by atoms with Crippen LogP contribution < -0.4 is 0 Å². The van der Waals surface area contributed by atoms with E-state index >= 15 is 0 Å². The normalized spacial score (nSPS) is 46.0. The van der Waals surface area contributed by atoms with Gasteiger partial charge in [0.05, 0.1) is 0 Å². The smallest absolute Gasteiger partial charge is 0.334 e. The molecule has 4 heteroatoms. The number of carbonyl (C=O) groups is 2. The van der Waals surface area contributed by atoms with E-state index in [4.69, 9.17) is 9.47 Å². The molecule has 0 aromatic rings. The summed E-state index contributed by atoms with van der Waals surface area (Å²) in [4.78, 5) is 26.5. The van der Waals surface area contributed by atoms with Gasteiger partial charge in [0, 0.05) is 24.0 Å². The molecular weight excluding hydrogens is 424 g/mol. The molecule has 4 nitrogen and oxygen atoms in total. The van der Waals surface area contributed by atoms with Crippen LogP contribution in [0, 0.1) is 22.7 Å². The van der Waals surface area contributed by atoms with Gasteiger partial charge in [-0.1, -0.05) is 38.2 Å². The highest BCUT2D eigenvalue weighted by atomic mass is 16.6. The fraction of sp³-hybridized carbons (Fsp3) is 0.667. The molecule has 6 atom stereocenters. The van der Waals surface area contributed by atoms with Gasteiger partial charge in [-0.2, -0.15) is 0 Å². The molecule has 0 saturated heterocycles. The van der Waals surface area contributed by atoms with Gasteiger partial charge < -0.3 is 9.47 Å². The van der Waals surface area contributed by atoms with E-state index in [1.54, 1.807) is 0 Å². The first-order chi connectivity index (χ1) is 16.0. The molecule has 0 aromatic carbocycles. The van der Waals surface area contributed by atoms with Gasteiger partial charge in [0.1, 0.15) is 0 Å². The van der Waals surface area contributed by atoms with Crippen molar-refractivity contribution in [3.8, 4) is 0 Å². The van der Waals surface area contributed by atoms with Gasteiger partial charge in [0.25, 0.3) is 0 Å². The molecule has 4 fully saturated rings. The van der Waals surface area contributed by atoms with E-state index in [0.717, 1.165) is 73.7 Å². The molecule has 2 heterocycles. The van der Waals surface area contributed by atoms with Gasteiger partial charge in [-0.15, -0.1) is 0 Å². The molecular formula is C30H38O4. The lowest BCUT2D eigenvalue weighted by molar-refractivity contribution is -0.209. The molecule has 182 valence electrons. The lowest BCUT2D eigenvalue weighted by atomic mass is 9.46. The molecule has 0 unspecified atom stereocenters. The minimum Gasteiger partial charge on any atom is -0.446 e. The molecule has 0 spiro atoms. The number of allylic oxidation sites excluding steroid dienone is 2. The zero-order valence-electron chi connectivity index (χ0n) is 21.3. The molecule has 0 radical (unpaired) electrons. The summed E-state index contributed by atoms with van der Waals surface area (Å²) in [5.41, 5.74) is 4.30. The lowest BCUT2D eigenvalue weighted by Gasteiger charge is -2.61. The second kappa shape index (κ2) is 6.77. The molecule has 6 rings (SSSR count). The minimum absolute atomic E-state index is 0.0274. The monoisotopic (exact) mass is 462 g/mol. The first-order valence-corrected chi connectivity index (χ1v) is 13.2. The van der Waals surface area contributed by atoms with E-state index < -0.39 is 11.2 Å². The Morgan fingerprint density at radius 3 is 1.50 bits per heavy atom. The van der Waals surface area contributed by atoms with Crippen LogP contribution in [0.2, 0.25) is 0 Å². The third-order valence-electron chi connectivity index (χ3n) is 11.0. The Morgan fingerprint density at radius 2 is 1.12 bits per heavy atom. The molecule has 6 aliphatic rings. The first kappa shape index (κ1) is 22.4. The average Bonchev–Trinajstić information content (AvgIpc) is 3.16. The molecule has 0 N–H and O–H groups in total. The van der Waals surface area contributed by atoms with Gasteiger partial charge in [-0.25, -0.2) is 9.59 Å². The van der Waals surface area contributed by atoms with Crippen LogP contribution in [0.3, 0.4) is 0 Å². The topological polar surface area (TPSA) is 52.6 Å². The highest BCUT2D eigenvalue weighted by molar-refractivity contribution is 5.96. The van der Waals surface area contributed by atoms with Crippen LogP contribution in [0.25, 0.3) is 0 Å². The zero-order chi connectivity index (χ0) is 24.3. The van der Waals surface area contributed by atoms with Gasteiger partial charge in [0.15, 0.2) is 11.2 Å². The van der Waals surface area contributed by atoms with E-state index in [-0.39, 0.29) is 22.8 Å². The van der Waals surface area contributed by atoms with Gasteiger partial charge in [-0.05, 0) is 99.0 Å². The quantitative estimate of drug-likeness (QED) is 0.329. The van der Waals surface area contributed by atoms with Crippen molar-refractivity contribution < 1.29 is 19.1 Å². The Kier molecular flexibility index (Phi) is 4.45. The summed E-state index contributed by atoms with van der Waals surface area (Å²) < 4.78 is 13.1. The molecule has 4 aliphatic carbocycles. The maximum Gasteiger partial charge on any atom is 0.334 e. The SMILES string of the molecule is C=C1CCC[C@@]2(C)C[C@]3([C@]45C[C@]6(C)CCCC(=C)[C@H]6CC4=C(C)C(=O)O5)OC(=O)C(C)=C3C[C@H]12. The van der Waals surface area contributed by atoms with Crippen LogP contribution in [0.4, 0.5) is 0 Å². The van der Waals surface area contributed by atoms with Gasteiger partial charge in [-0.3, -0.25) is 0 Å². The van der Waals surface area contributed by atoms with Crippen LogP contribution in [0.5, 0.6) is 0 Å². The number of hydrogen-bond donors (Lipinski definition) is 0. The molecule has 0 aromatic heterocycles. The first-order valence-electron chi connectivity index (χ1n) is 13.2. The van der Waals surface area contributed by atoms with Crippen LogP contribution >= 0.6 is 0 Å². The Balaban J connectivity index is 1.57. The van der Waals surface area contributed by atoms with Crippen molar-refractivity contribution in [2.45, 2.75) is 103 Å². The number of rotatable bonds is 1. The van der Waals surface area contributed by atoms with Gasteiger partial charge >= 0.3 is 11.9 Å². The largest absolute Gasteiger partial charge is 0.446 e. The summed E-state index contributed by atoms with van der Waals surface area (Å²) in [5.74, 6) is 0.213. The van der Waals surface area contributed by atoms with E-state index in [1.807, 2.05) is 13.8 Å². The lowest BCUT2D eigenvalue weighted by Crippen LogP contribution is -2.66. The molecule has 34 heavy (non-hydrogen) atoms. The highest BCUT2D eigenvalue weighted by Crippen LogP contribution is 2.70. The summed E-state index contributed by atoms with van der Waals surface area (Å²) in [5, 5.41) is 0. The predicted octanol–water partition coefficient (Wildman–Crippen LogP) is 6.52. The fourth-order valence-corrected chi connectivity index (χ4v) is 9.18. The second-order valence-electron chi connectivity index (χ2n) is 12.8. The predicted molar refractivity (Wildman–Crippen MR) is 131 cm³/mol. The van der Waals surface area contributed by atoms with Crippen molar-refractivity contribution >= 4 is 11.9 Å². The molecule has 2 aliphatic heterocycles. The van der Waals surface area contributed by atoms with Crippen LogP contribution in [0.1, 0.15) is 91.9 Å². The summed E-state index contributed by atoms with van der Waals surface area (Å²) in [7, 11) is 0. The Hall–Kier alpha value is -2.10. The van der Waals surface area contributed by atoms with Crippen molar-refractivity contribution in [3.05, 3.63) is 46.6 Å². The second-order valence-corrected chi connectivity index (χ2v) is 12.8. The molecule has 0 amide bonds. The third kappa shape index (κ3) is 2.55. The third-order valence-corrected chi connectivity index (χ3v) is 11.0. The number of carbonyl (C=O) groups excluding carboxylic acids is 2. The van der Waals surface area contributed by atoms with Crippen LogP contribution in [0.15, 0.2) is 46.6 Å². The fourth-order valence-electron chi connectivity index (χ4n) is 9.18. The number of fused-ring (bicyclic) bond motifs is 5. The maximum atomic E-state index is 13.3. The summed E-state index contributed by atoms with van der Waals surface area (Å²) >= 11 is 0. The maximum absolute atomic E-state index is 13.3. The van der Waals surface area contributed by atoms with E-state index in [0.29, 0.717) is 24.7 Å². The van der Waals surface area contributed by atoms with Crippen LogP contribution in [-0.4, -0.2) is 23.1 Å². The number of ether oxygens (including phenoxy) is 2. The average molecular weight is 463 g/mol. The molecule has 4 saturated carbocycles. The Bertz CT molecular complexity index is 1030.